The maximum Gasteiger partial charge on any atom is 0.0551 e. The van der Waals surface area contributed by atoms with Crippen molar-refractivity contribution in [3.05, 3.63) is 102 Å². The molecule has 3 aromatic carbocycles. The maximum absolute atomic E-state index is 4.17. The third kappa shape index (κ3) is 4.87. The molecule has 0 atom stereocenters. The molecule has 2 heterocycles. The van der Waals surface area contributed by atoms with E-state index < -0.39 is 0 Å². The average Bonchev–Trinajstić information content (AvgIpc) is 3.44. The predicted octanol–water partition coefficient (Wildman–Crippen LogP) is 11.5. The van der Waals surface area contributed by atoms with Gasteiger partial charge >= 0.3 is 0 Å². The van der Waals surface area contributed by atoms with E-state index in [1.54, 1.807) is 12.2 Å². The second-order valence-corrected chi connectivity index (χ2v) is 9.43. The van der Waals surface area contributed by atoms with Crippen molar-refractivity contribution in [1.29, 1.82) is 0 Å². The van der Waals surface area contributed by atoms with Gasteiger partial charge in [0.2, 0.25) is 0 Å². The lowest BCUT2D eigenvalue weighted by atomic mass is 9.95. The van der Waals surface area contributed by atoms with Crippen molar-refractivity contribution in [3.63, 3.8) is 0 Å². The van der Waals surface area contributed by atoms with Crippen LogP contribution in [0.5, 0.6) is 0 Å². The van der Waals surface area contributed by atoms with Gasteiger partial charge in [-0.3, -0.25) is 0 Å². The van der Waals surface area contributed by atoms with E-state index in [1.807, 2.05) is 31.3 Å². The van der Waals surface area contributed by atoms with Crippen LogP contribution in [0.15, 0.2) is 80.4 Å². The fourth-order valence-electron chi connectivity index (χ4n) is 4.58. The van der Waals surface area contributed by atoms with Crippen molar-refractivity contribution in [1.82, 2.24) is 4.98 Å². The molecule has 0 fully saturated rings. The van der Waals surface area contributed by atoms with E-state index in [0.29, 0.717) is 0 Å². The van der Waals surface area contributed by atoms with Gasteiger partial charge in [-0.25, -0.2) is 0 Å². The molecule has 0 unspecified atom stereocenters. The number of fused-ring (bicyclic) bond motifs is 6. The molecule has 5 aromatic rings. The van der Waals surface area contributed by atoms with Gasteiger partial charge in [0.05, 0.1) is 5.52 Å². The lowest BCUT2D eigenvalue weighted by Gasteiger charge is -2.08. The van der Waals surface area contributed by atoms with Crippen LogP contribution in [0.25, 0.3) is 60.9 Å². The zero-order valence-electron chi connectivity index (χ0n) is 22.2. The first-order chi connectivity index (χ1) is 17.6. The number of hydrogen-bond donors (Lipinski definition) is 1. The number of aromatic amines is 1. The molecule has 0 aliphatic rings. The molecule has 0 saturated carbocycles. The number of H-pyrrole nitrogens is 1. The fraction of sp³-hybridized carbons (Fsp3) is 0.176. The molecule has 0 aliphatic carbocycles. The van der Waals surface area contributed by atoms with Crippen LogP contribution < -0.4 is 0 Å². The summed E-state index contributed by atoms with van der Waals surface area (Å²) in [5.74, 6) is 0. The Hall–Kier alpha value is -3.62. The summed E-state index contributed by atoms with van der Waals surface area (Å²) in [7, 11) is 0. The molecule has 1 nitrogen and oxygen atoms in total. The van der Waals surface area contributed by atoms with Crippen LogP contribution in [0.4, 0.5) is 0 Å². The molecule has 0 saturated heterocycles. The minimum atomic E-state index is 1.03. The third-order valence-electron chi connectivity index (χ3n) is 6.07. The molecule has 0 aliphatic heterocycles. The van der Waals surface area contributed by atoms with Crippen molar-refractivity contribution in [3.8, 4) is 0 Å². The van der Waals surface area contributed by atoms with Gasteiger partial charge in [0.15, 0.2) is 0 Å². The van der Waals surface area contributed by atoms with Crippen LogP contribution in [0.2, 0.25) is 0 Å². The van der Waals surface area contributed by atoms with Crippen molar-refractivity contribution < 1.29 is 0 Å². The second kappa shape index (κ2) is 12.4. The molecule has 2 aromatic heterocycles. The SMILES string of the molecule is C=CC=C.C=Cc1c(/C=C\C)c2[nH]c3cc4ccccc4cc3c2c2c(/C=C\CC)c(C)sc12.CC. The summed E-state index contributed by atoms with van der Waals surface area (Å²) in [4.78, 5) is 5.12. The second-order valence-electron chi connectivity index (χ2n) is 8.21. The molecular weight excluding hydrogens is 454 g/mol. The normalized spacial score (nSPS) is 11.1. The Morgan fingerprint density at radius 1 is 0.889 bits per heavy atom. The van der Waals surface area contributed by atoms with E-state index in [1.165, 1.54) is 64.2 Å². The van der Waals surface area contributed by atoms with Crippen LogP contribution in [0.3, 0.4) is 0 Å². The summed E-state index contributed by atoms with van der Waals surface area (Å²) < 4.78 is 1.33. The molecule has 36 heavy (non-hydrogen) atoms. The van der Waals surface area contributed by atoms with E-state index >= 15 is 0 Å². The minimum absolute atomic E-state index is 1.03. The number of aryl methyl sites for hydroxylation is 1. The molecular formula is C34H37NS. The minimum Gasteiger partial charge on any atom is -0.354 e. The number of thiophene rings is 1. The molecule has 0 amide bonds. The number of nitrogens with one attached hydrogen (secondary N) is 1. The van der Waals surface area contributed by atoms with Gasteiger partial charge < -0.3 is 4.98 Å². The number of benzene rings is 3. The summed E-state index contributed by atoms with van der Waals surface area (Å²) in [6, 6.07) is 13.2. The highest BCUT2D eigenvalue weighted by atomic mass is 32.1. The molecule has 5 rings (SSSR count). The zero-order valence-corrected chi connectivity index (χ0v) is 23.1. The van der Waals surface area contributed by atoms with Crippen molar-refractivity contribution in [2.24, 2.45) is 0 Å². The number of rotatable bonds is 5. The third-order valence-corrected chi connectivity index (χ3v) is 7.23. The van der Waals surface area contributed by atoms with Crippen molar-refractivity contribution >= 4 is 72.2 Å². The summed E-state index contributed by atoms with van der Waals surface area (Å²) in [6.07, 6.45) is 15.2. The Balaban J connectivity index is 0.000000550. The monoisotopic (exact) mass is 491 g/mol. The van der Waals surface area contributed by atoms with Gasteiger partial charge in [0, 0.05) is 42.4 Å². The van der Waals surface area contributed by atoms with E-state index in [0.717, 1.165) is 6.42 Å². The van der Waals surface area contributed by atoms with Crippen LogP contribution >= 0.6 is 11.3 Å². The molecule has 1 N–H and O–H groups in total. The highest BCUT2D eigenvalue weighted by molar-refractivity contribution is 7.19. The predicted molar refractivity (Wildman–Crippen MR) is 169 cm³/mol. The first kappa shape index (κ1) is 27.0. The van der Waals surface area contributed by atoms with E-state index in [-0.39, 0.29) is 0 Å². The lowest BCUT2D eigenvalue weighted by Crippen LogP contribution is -1.86. The fourth-order valence-corrected chi connectivity index (χ4v) is 5.78. The van der Waals surface area contributed by atoms with Crippen LogP contribution in [-0.4, -0.2) is 4.98 Å². The first-order valence-corrected chi connectivity index (χ1v) is 13.5. The largest absolute Gasteiger partial charge is 0.354 e. The highest BCUT2D eigenvalue weighted by Crippen LogP contribution is 2.45. The number of allylic oxidation sites excluding steroid dienone is 4. The molecule has 0 bridgehead atoms. The Morgan fingerprint density at radius 3 is 2.14 bits per heavy atom. The Morgan fingerprint density at radius 2 is 1.56 bits per heavy atom. The Kier molecular flexibility index (Phi) is 9.27. The van der Waals surface area contributed by atoms with E-state index in [2.05, 4.69) is 106 Å². The molecule has 184 valence electrons. The average molecular weight is 492 g/mol. The smallest absolute Gasteiger partial charge is 0.0551 e. The van der Waals surface area contributed by atoms with Crippen molar-refractivity contribution in [2.45, 2.75) is 41.0 Å². The van der Waals surface area contributed by atoms with Crippen molar-refractivity contribution in [2.75, 3.05) is 0 Å². The lowest BCUT2D eigenvalue weighted by molar-refractivity contribution is 1.23. The molecule has 2 heteroatoms. The van der Waals surface area contributed by atoms with Gasteiger partial charge in [-0.2, -0.15) is 0 Å². The summed E-state index contributed by atoms with van der Waals surface area (Å²) >= 11 is 1.88. The molecule has 0 spiro atoms. The summed E-state index contributed by atoms with van der Waals surface area (Å²) in [5.41, 5.74) is 6.17. The zero-order chi connectivity index (χ0) is 26.2. The molecule has 0 radical (unpaired) electrons. The van der Waals surface area contributed by atoms with Gasteiger partial charge in [-0.05, 0) is 48.7 Å². The highest BCUT2D eigenvalue weighted by Gasteiger charge is 2.20. The van der Waals surface area contributed by atoms with Crippen LogP contribution in [0.1, 0.15) is 55.7 Å². The van der Waals surface area contributed by atoms with E-state index in [4.69, 9.17) is 0 Å². The van der Waals surface area contributed by atoms with Gasteiger partial charge in [0.25, 0.3) is 0 Å². The van der Waals surface area contributed by atoms with Gasteiger partial charge in [0.1, 0.15) is 0 Å². The number of aromatic nitrogens is 1. The standard InChI is InChI=1S/C28H25NS.C4H6.C2H6/c1-5-8-14-21-17(4)30-28-20(7-3)22(11-6-2)27-25(26(21)28)23-15-18-12-9-10-13-19(18)16-24(23)29-27;1-3-4-2;1-2/h6-16,29H,3,5H2,1-2,4H3;3-4H,1-2H2;1-2H3/b11-6-,14-8-;;. The summed E-state index contributed by atoms with van der Waals surface area (Å²) in [5, 5.41) is 6.50. The topological polar surface area (TPSA) is 15.8 Å². The Bertz CT molecular complexity index is 1600. The Labute approximate surface area is 219 Å². The number of hydrogen-bond acceptors (Lipinski definition) is 1. The first-order valence-electron chi connectivity index (χ1n) is 12.7. The van der Waals surface area contributed by atoms with Crippen LogP contribution in [0, 0.1) is 6.92 Å². The van der Waals surface area contributed by atoms with E-state index in [9.17, 15) is 0 Å². The van der Waals surface area contributed by atoms with Gasteiger partial charge in [-0.15, -0.1) is 11.3 Å². The van der Waals surface area contributed by atoms with Gasteiger partial charge in [-0.1, -0.05) is 107 Å². The maximum atomic E-state index is 4.17. The quantitative estimate of drug-likeness (QED) is 0.235. The summed E-state index contributed by atoms with van der Waals surface area (Å²) in [6.45, 7) is 21.4. The van der Waals surface area contributed by atoms with Crippen LogP contribution in [-0.2, 0) is 0 Å².